The number of rotatable bonds is 67. The van der Waals surface area contributed by atoms with E-state index in [1.54, 1.807) is 0 Å². The molecule has 9 nitrogen and oxygen atoms in total. The summed E-state index contributed by atoms with van der Waals surface area (Å²) in [5.41, 5.74) is 5.40. The number of phosphoric acid groups is 1. The minimum Gasteiger partial charge on any atom is -0.462 e. The topological polar surface area (TPSA) is 134 Å². The van der Waals surface area contributed by atoms with Crippen LogP contribution in [0, 0.1) is 0 Å². The first-order chi connectivity index (χ1) is 41.8. The van der Waals surface area contributed by atoms with E-state index in [0.717, 1.165) is 83.5 Å². The Labute approximate surface area is 525 Å². The van der Waals surface area contributed by atoms with E-state index in [0.29, 0.717) is 6.42 Å². The summed E-state index contributed by atoms with van der Waals surface area (Å²) in [6, 6.07) is 0. The van der Waals surface area contributed by atoms with E-state index in [1.165, 1.54) is 218 Å². The first-order valence-electron chi connectivity index (χ1n) is 35.7. The van der Waals surface area contributed by atoms with E-state index >= 15 is 0 Å². The normalized spacial score (nSPS) is 13.5. The monoisotopic (exact) mass is 1210 g/mol. The van der Waals surface area contributed by atoms with E-state index in [4.69, 9.17) is 24.3 Å². The minimum atomic E-state index is -4.40. The standard InChI is InChI=1S/C75H134NO8P/c1-3-5-7-9-11-13-15-17-19-21-23-25-27-29-31-32-33-34-35-36-37-38-39-40-42-44-46-48-50-52-54-56-58-60-62-64-66-68-75(78)84-73(72-83-85(79,80)82-70-69-76)71-81-74(77)67-65-63-61-59-57-55-53-51-49-47-45-43-41-30-28-26-24-22-20-18-16-14-12-10-8-6-4-2/h5-8,11-14,17-20,23-26,73H,3-4,9-10,15-16,21-22,27-72,76H2,1-2H3,(H,79,80)/b7-5-,8-6-,13-11-,14-12-,19-17-,20-18-,25-23-,26-24-. The predicted molar refractivity (Wildman–Crippen MR) is 367 cm³/mol. The molecule has 0 amide bonds. The van der Waals surface area contributed by atoms with Gasteiger partial charge in [-0.2, -0.15) is 0 Å². The van der Waals surface area contributed by atoms with Crippen molar-refractivity contribution in [3.63, 3.8) is 0 Å². The van der Waals surface area contributed by atoms with Crippen molar-refractivity contribution in [1.29, 1.82) is 0 Å². The van der Waals surface area contributed by atoms with Gasteiger partial charge in [0, 0.05) is 19.4 Å². The molecule has 0 saturated heterocycles. The van der Waals surface area contributed by atoms with Crippen molar-refractivity contribution in [3.8, 4) is 0 Å². The molecule has 85 heavy (non-hydrogen) atoms. The fraction of sp³-hybridized carbons (Fsp3) is 0.760. The van der Waals surface area contributed by atoms with Crippen LogP contribution in [0.2, 0.25) is 0 Å². The third kappa shape index (κ3) is 69.9. The second kappa shape index (κ2) is 70.0. The summed E-state index contributed by atoms with van der Waals surface area (Å²) in [6.45, 7) is 3.56. The molecule has 0 aliphatic carbocycles. The molecule has 2 atom stereocenters. The molecule has 2 unspecified atom stereocenters. The molecule has 0 spiro atoms. The number of allylic oxidation sites excluding steroid dienone is 16. The van der Waals surface area contributed by atoms with Crippen LogP contribution in [-0.4, -0.2) is 49.3 Å². The molecule has 0 aromatic carbocycles. The summed E-state index contributed by atoms with van der Waals surface area (Å²) in [4.78, 5) is 35.4. The zero-order chi connectivity index (χ0) is 61.6. The van der Waals surface area contributed by atoms with Crippen LogP contribution >= 0.6 is 7.82 Å². The van der Waals surface area contributed by atoms with Crippen molar-refractivity contribution in [2.75, 3.05) is 26.4 Å². The van der Waals surface area contributed by atoms with Gasteiger partial charge in [0.1, 0.15) is 6.61 Å². The molecule has 0 aromatic rings. The van der Waals surface area contributed by atoms with Crippen molar-refractivity contribution in [2.24, 2.45) is 5.73 Å². The van der Waals surface area contributed by atoms with Gasteiger partial charge < -0.3 is 20.1 Å². The number of phosphoric ester groups is 1. The number of carbonyl (C=O) groups excluding carboxylic acids is 2. The van der Waals surface area contributed by atoms with Gasteiger partial charge in [0.05, 0.1) is 13.2 Å². The summed E-state index contributed by atoms with van der Waals surface area (Å²) < 4.78 is 33.2. The third-order valence-corrected chi connectivity index (χ3v) is 16.4. The fourth-order valence-electron chi connectivity index (χ4n) is 10.3. The van der Waals surface area contributed by atoms with Gasteiger partial charge in [-0.1, -0.05) is 329 Å². The van der Waals surface area contributed by atoms with E-state index in [2.05, 4.69) is 111 Å². The van der Waals surface area contributed by atoms with Gasteiger partial charge in [0.2, 0.25) is 0 Å². The van der Waals surface area contributed by atoms with Crippen LogP contribution in [0.25, 0.3) is 0 Å². The lowest BCUT2D eigenvalue weighted by Crippen LogP contribution is -2.29. The highest BCUT2D eigenvalue weighted by Crippen LogP contribution is 2.43. The van der Waals surface area contributed by atoms with Gasteiger partial charge >= 0.3 is 19.8 Å². The van der Waals surface area contributed by atoms with Gasteiger partial charge in [-0.25, -0.2) is 4.57 Å². The maximum atomic E-state index is 12.8. The lowest BCUT2D eigenvalue weighted by Gasteiger charge is -2.19. The Hall–Kier alpha value is -3.07. The average Bonchev–Trinajstić information content (AvgIpc) is 3.52. The Morgan fingerprint density at radius 2 is 0.612 bits per heavy atom. The highest BCUT2D eigenvalue weighted by molar-refractivity contribution is 7.47. The van der Waals surface area contributed by atoms with E-state index in [9.17, 15) is 19.0 Å². The van der Waals surface area contributed by atoms with Gasteiger partial charge in [-0.05, 0) is 89.9 Å². The van der Waals surface area contributed by atoms with Gasteiger partial charge in [-0.15, -0.1) is 0 Å². The van der Waals surface area contributed by atoms with Crippen LogP contribution in [0.5, 0.6) is 0 Å². The van der Waals surface area contributed by atoms with Crippen LogP contribution < -0.4 is 5.73 Å². The van der Waals surface area contributed by atoms with Crippen molar-refractivity contribution < 1.29 is 37.6 Å². The SMILES string of the molecule is CC/C=C\C/C=C\C/C=C\C/C=C\CCCCCCCCCCCCCCCCCCCCCCCCCCC(=O)OC(COC(=O)CCCCCCCCCCCCCCCC/C=C\C/C=C\C/C=C\C/C=C\CC)COP(=O)(O)OCCN. The Morgan fingerprint density at radius 1 is 0.353 bits per heavy atom. The van der Waals surface area contributed by atoms with Crippen molar-refractivity contribution in [2.45, 2.75) is 341 Å². The molecule has 3 N–H and O–H groups in total. The summed E-state index contributed by atoms with van der Waals surface area (Å²) >= 11 is 0. The first kappa shape index (κ1) is 81.9. The second-order valence-electron chi connectivity index (χ2n) is 23.7. The molecule has 0 rings (SSSR count). The maximum Gasteiger partial charge on any atom is 0.472 e. The lowest BCUT2D eigenvalue weighted by atomic mass is 10.0. The molecule has 0 aliphatic rings. The molecule has 0 aliphatic heterocycles. The van der Waals surface area contributed by atoms with Gasteiger partial charge in [-0.3, -0.25) is 18.6 Å². The number of ether oxygens (including phenoxy) is 2. The molecule has 0 fully saturated rings. The van der Waals surface area contributed by atoms with Crippen LogP contribution in [-0.2, 0) is 32.7 Å². The molecule has 0 bridgehead atoms. The maximum absolute atomic E-state index is 12.8. The molecule has 0 aromatic heterocycles. The quantitative estimate of drug-likeness (QED) is 0.0264. The summed E-state index contributed by atoms with van der Waals surface area (Å²) in [6.07, 6.45) is 95.1. The predicted octanol–water partition coefficient (Wildman–Crippen LogP) is 23.5. The minimum absolute atomic E-state index is 0.0524. The number of esters is 2. The summed E-state index contributed by atoms with van der Waals surface area (Å²) in [5.74, 6) is -0.815. The van der Waals surface area contributed by atoms with E-state index < -0.39 is 26.5 Å². The molecular weight excluding hydrogens is 1070 g/mol. The number of unbranched alkanes of at least 4 members (excludes halogenated alkanes) is 38. The van der Waals surface area contributed by atoms with Crippen molar-refractivity contribution in [3.05, 3.63) is 97.2 Å². The fourth-order valence-corrected chi connectivity index (χ4v) is 11.0. The van der Waals surface area contributed by atoms with Crippen LogP contribution in [0.15, 0.2) is 97.2 Å². The second-order valence-corrected chi connectivity index (χ2v) is 25.1. The van der Waals surface area contributed by atoms with Crippen LogP contribution in [0.1, 0.15) is 335 Å². The Bertz CT molecular complexity index is 1720. The van der Waals surface area contributed by atoms with Crippen LogP contribution in [0.3, 0.4) is 0 Å². The molecular formula is C75H134NO8P. The Balaban J connectivity index is 3.82. The smallest absolute Gasteiger partial charge is 0.462 e. The van der Waals surface area contributed by atoms with Crippen molar-refractivity contribution in [1.82, 2.24) is 0 Å². The average molecular weight is 1210 g/mol. The number of carbonyl (C=O) groups is 2. The molecule has 0 heterocycles. The van der Waals surface area contributed by atoms with Crippen LogP contribution in [0.4, 0.5) is 0 Å². The highest BCUT2D eigenvalue weighted by Gasteiger charge is 2.26. The van der Waals surface area contributed by atoms with Gasteiger partial charge in [0.25, 0.3) is 0 Å². The van der Waals surface area contributed by atoms with Gasteiger partial charge in [0.15, 0.2) is 6.10 Å². The zero-order valence-electron chi connectivity index (χ0n) is 55.3. The first-order valence-corrected chi connectivity index (χ1v) is 37.2. The molecule has 492 valence electrons. The Kier molecular flexibility index (Phi) is 67.5. The molecule has 0 saturated carbocycles. The summed E-state index contributed by atoms with van der Waals surface area (Å²) in [7, 11) is -4.40. The molecule has 10 heteroatoms. The summed E-state index contributed by atoms with van der Waals surface area (Å²) in [5, 5.41) is 0. The van der Waals surface area contributed by atoms with E-state index in [1.807, 2.05) is 0 Å². The highest BCUT2D eigenvalue weighted by atomic mass is 31.2. The Morgan fingerprint density at radius 3 is 0.906 bits per heavy atom. The molecule has 0 radical (unpaired) electrons. The number of hydrogen-bond donors (Lipinski definition) is 2. The third-order valence-electron chi connectivity index (χ3n) is 15.5. The van der Waals surface area contributed by atoms with Crippen molar-refractivity contribution >= 4 is 19.8 Å². The number of hydrogen-bond acceptors (Lipinski definition) is 8. The van der Waals surface area contributed by atoms with E-state index in [-0.39, 0.29) is 38.6 Å². The largest absolute Gasteiger partial charge is 0.472 e. The lowest BCUT2D eigenvalue weighted by molar-refractivity contribution is -0.161. The number of nitrogens with two attached hydrogens (primary N) is 1. The zero-order valence-corrected chi connectivity index (χ0v) is 56.2.